The number of hydrogen-bond donors (Lipinski definition) is 0. The van der Waals surface area contributed by atoms with E-state index < -0.39 is 0 Å². The molecule has 3 rings (SSSR count). The van der Waals surface area contributed by atoms with Crippen LogP contribution in [0, 0.1) is 0 Å². The first-order valence-corrected chi connectivity index (χ1v) is 9.17. The van der Waals surface area contributed by atoms with E-state index in [0.717, 1.165) is 20.6 Å². The maximum atomic E-state index is 12.3. The lowest BCUT2D eigenvalue weighted by Gasteiger charge is -2.04. The number of benzene rings is 1. The third-order valence-electron chi connectivity index (χ3n) is 3.98. The molecule has 0 amide bonds. The molecular formula is C16H17BrN4O2S. The summed E-state index contributed by atoms with van der Waals surface area (Å²) < 4.78 is 5.38. The molecule has 0 aliphatic carbocycles. The van der Waals surface area contributed by atoms with Crippen molar-refractivity contribution in [2.24, 2.45) is 21.1 Å². The van der Waals surface area contributed by atoms with Crippen molar-refractivity contribution in [3.05, 3.63) is 55.4 Å². The Labute approximate surface area is 151 Å². The number of halogens is 1. The molecule has 3 aromatic rings. The zero-order valence-electron chi connectivity index (χ0n) is 13.6. The molecule has 1 aromatic carbocycles. The van der Waals surface area contributed by atoms with Gasteiger partial charge < -0.3 is 4.57 Å². The standard InChI is InChI=1S/C16H17BrN4O2S/c1-19-12(8-9-24-11-6-4-10(17)5-7-11)18-14-13(19)15(22)21(3)16(23)20(14)2/h4-7H,8-9H2,1-3H3. The average molecular weight is 409 g/mol. The number of rotatable bonds is 4. The van der Waals surface area contributed by atoms with Gasteiger partial charge in [0.25, 0.3) is 5.56 Å². The normalized spacial score (nSPS) is 11.3. The highest BCUT2D eigenvalue weighted by Gasteiger charge is 2.16. The van der Waals surface area contributed by atoms with Gasteiger partial charge in [-0.2, -0.15) is 0 Å². The van der Waals surface area contributed by atoms with Crippen molar-refractivity contribution < 1.29 is 0 Å². The molecule has 126 valence electrons. The van der Waals surface area contributed by atoms with Crippen LogP contribution in [-0.4, -0.2) is 24.4 Å². The van der Waals surface area contributed by atoms with Crippen molar-refractivity contribution in [3.8, 4) is 0 Å². The highest BCUT2D eigenvalue weighted by atomic mass is 79.9. The average Bonchev–Trinajstić information content (AvgIpc) is 2.90. The van der Waals surface area contributed by atoms with Crippen LogP contribution in [0.3, 0.4) is 0 Å². The minimum atomic E-state index is -0.360. The minimum absolute atomic E-state index is 0.310. The van der Waals surface area contributed by atoms with E-state index in [1.807, 2.05) is 19.2 Å². The molecule has 2 aromatic heterocycles. The highest BCUT2D eigenvalue weighted by molar-refractivity contribution is 9.10. The van der Waals surface area contributed by atoms with Crippen LogP contribution in [-0.2, 0) is 27.6 Å². The van der Waals surface area contributed by atoms with Crippen molar-refractivity contribution in [3.63, 3.8) is 0 Å². The van der Waals surface area contributed by atoms with Crippen molar-refractivity contribution in [1.29, 1.82) is 0 Å². The molecule has 8 heteroatoms. The van der Waals surface area contributed by atoms with E-state index in [2.05, 4.69) is 33.0 Å². The predicted molar refractivity (Wildman–Crippen MR) is 99.8 cm³/mol. The Kier molecular flexibility index (Phi) is 4.69. The van der Waals surface area contributed by atoms with Gasteiger partial charge in [-0.25, -0.2) is 9.78 Å². The Hall–Kier alpha value is -1.80. The first kappa shape index (κ1) is 17.0. The molecule has 24 heavy (non-hydrogen) atoms. The van der Waals surface area contributed by atoms with Crippen LogP contribution in [0.2, 0.25) is 0 Å². The Morgan fingerprint density at radius 1 is 1.04 bits per heavy atom. The molecule has 0 radical (unpaired) electrons. The van der Waals surface area contributed by atoms with E-state index in [0.29, 0.717) is 17.6 Å². The molecular weight excluding hydrogens is 392 g/mol. The van der Waals surface area contributed by atoms with E-state index >= 15 is 0 Å². The van der Waals surface area contributed by atoms with E-state index in [1.165, 1.54) is 16.5 Å². The van der Waals surface area contributed by atoms with Gasteiger partial charge in [-0.1, -0.05) is 15.9 Å². The zero-order valence-corrected chi connectivity index (χ0v) is 16.0. The van der Waals surface area contributed by atoms with Crippen LogP contribution in [0.5, 0.6) is 0 Å². The van der Waals surface area contributed by atoms with Crippen molar-refractivity contribution in [2.45, 2.75) is 11.3 Å². The maximum Gasteiger partial charge on any atom is 0.332 e. The Morgan fingerprint density at radius 3 is 2.38 bits per heavy atom. The van der Waals surface area contributed by atoms with Crippen molar-refractivity contribution in [2.75, 3.05) is 5.75 Å². The molecule has 0 aliphatic heterocycles. The summed E-state index contributed by atoms with van der Waals surface area (Å²) >= 11 is 5.15. The number of nitrogens with zero attached hydrogens (tertiary/aromatic N) is 4. The van der Waals surface area contributed by atoms with Crippen LogP contribution >= 0.6 is 27.7 Å². The SMILES string of the molecule is Cn1c(=O)c2c(nc(CCSc3ccc(Br)cc3)n2C)n(C)c1=O. The van der Waals surface area contributed by atoms with Gasteiger partial charge in [0.05, 0.1) is 0 Å². The quantitative estimate of drug-likeness (QED) is 0.619. The lowest BCUT2D eigenvalue weighted by Crippen LogP contribution is -2.37. The van der Waals surface area contributed by atoms with E-state index in [4.69, 9.17) is 0 Å². The molecule has 0 atom stereocenters. The highest BCUT2D eigenvalue weighted by Crippen LogP contribution is 2.21. The number of aromatic nitrogens is 4. The molecule has 6 nitrogen and oxygen atoms in total. The summed E-state index contributed by atoms with van der Waals surface area (Å²) in [5.74, 6) is 1.64. The fraction of sp³-hybridized carbons (Fsp3) is 0.312. The van der Waals surface area contributed by atoms with Crippen molar-refractivity contribution >= 4 is 38.9 Å². The van der Waals surface area contributed by atoms with Crippen LogP contribution in [0.1, 0.15) is 5.82 Å². The Bertz CT molecular complexity index is 1020. The van der Waals surface area contributed by atoms with Gasteiger partial charge in [-0.3, -0.25) is 13.9 Å². The predicted octanol–water partition coefficient (Wildman–Crippen LogP) is 2.07. The summed E-state index contributed by atoms with van der Waals surface area (Å²) in [6, 6.07) is 8.14. The summed E-state index contributed by atoms with van der Waals surface area (Å²) in [6.45, 7) is 0. The number of thioether (sulfide) groups is 1. The molecule has 0 spiro atoms. The molecule has 0 N–H and O–H groups in total. The minimum Gasteiger partial charge on any atom is -0.325 e. The summed E-state index contributed by atoms with van der Waals surface area (Å²) in [4.78, 5) is 30.1. The van der Waals surface area contributed by atoms with Crippen LogP contribution in [0.15, 0.2) is 43.2 Å². The number of fused-ring (bicyclic) bond motifs is 1. The smallest absolute Gasteiger partial charge is 0.325 e. The fourth-order valence-electron chi connectivity index (χ4n) is 2.58. The molecule has 0 aliphatic rings. The van der Waals surface area contributed by atoms with Crippen molar-refractivity contribution in [1.82, 2.24) is 18.7 Å². The molecule has 0 saturated carbocycles. The molecule has 0 fully saturated rings. The largest absolute Gasteiger partial charge is 0.332 e. The first-order valence-electron chi connectivity index (χ1n) is 7.40. The van der Waals surface area contributed by atoms with Gasteiger partial charge in [-0.05, 0) is 24.3 Å². The zero-order chi connectivity index (χ0) is 17.4. The Balaban J connectivity index is 1.88. The van der Waals surface area contributed by atoms with Gasteiger partial charge in [0.2, 0.25) is 0 Å². The second-order valence-corrected chi connectivity index (χ2v) is 7.60. The third-order valence-corrected chi connectivity index (χ3v) is 5.52. The van der Waals surface area contributed by atoms with Crippen LogP contribution < -0.4 is 11.2 Å². The third kappa shape index (κ3) is 2.95. The number of aryl methyl sites for hydroxylation is 3. The second-order valence-electron chi connectivity index (χ2n) is 5.52. The molecule has 0 saturated heterocycles. The topological polar surface area (TPSA) is 61.8 Å². The number of hydrogen-bond acceptors (Lipinski definition) is 4. The monoisotopic (exact) mass is 408 g/mol. The summed E-state index contributed by atoms with van der Waals surface area (Å²) in [6.07, 6.45) is 0.712. The second kappa shape index (κ2) is 6.60. The van der Waals surface area contributed by atoms with Gasteiger partial charge in [0.15, 0.2) is 11.2 Å². The van der Waals surface area contributed by atoms with Gasteiger partial charge >= 0.3 is 5.69 Å². The summed E-state index contributed by atoms with van der Waals surface area (Å²) in [7, 11) is 4.94. The van der Waals surface area contributed by atoms with Crippen LogP contribution in [0.4, 0.5) is 0 Å². The number of imidazole rings is 1. The summed E-state index contributed by atoms with van der Waals surface area (Å²) in [5.41, 5.74) is 0.230. The first-order chi connectivity index (χ1) is 11.4. The van der Waals surface area contributed by atoms with E-state index in [9.17, 15) is 9.59 Å². The van der Waals surface area contributed by atoms with E-state index in [1.54, 1.807) is 23.4 Å². The van der Waals surface area contributed by atoms with Gasteiger partial charge in [-0.15, -0.1) is 11.8 Å². The van der Waals surface area contributed by atoms with Gasteiger partial charge in [0.1, 0.15) is 5.82 Å². The molecule has 2 heterocycles. The summed E-state index contributed by atoms with van der Waals surface area (Å²) in [5, 5.41) is 0. The lowest BCUT2D eigenvalue weighted by molar-refractivity contribution is 0.705. The maximum absolute atomic E-state index is 12.3. The van der Waals surface area contributed by atoms with Crippen LogP contribution in [0.25, 0.3) is 11.2 Å². The fourth-order valence-corrected chi connectivity index (χ4v) is 3.69. The molecule has 0 bridgehead atoms. The molecule has 0 unspecified atom stereocenters. The van der Waals surface area contributed by atoms with E-state index in [-0.39, 0.29) is 11.2 Å². The Morgan fingerprint density at radius 2 is 1.71 bits per heavy atom. The van der Waals surface area contributed by atoms with Gasteiger partial charge in [0, 0.05) is 42.7 Å². The lowest BCUT2D eigenvalue weighted by atomic mass is 10.4.